The van der Waals surface area contributed by atoms with Crippen molar-refractivity contribution in [2.45, 2.75) is 96.5 Å². The molecule has 0 fully saturated rings. The van der Waals surface area contributed by atoms with Crippen LogP contribution in [0.15, 0.2) is 4.99 Å². The van der Waals surface area contributed by atoms with Crippen molar-refractivity contribution in [3.8, 4) is 6.07 Å². The van der Waals surface area contributed by atoms with Crippen molar-refractivity contribution in [2.75, 3.05) is 13.6 Å². The standard InChI is InChI=1S/C22H43BN6O4/c1-17(2)16-19(23(32)33)29-21(31)18(12-11-15-27-22(25)26-3)28-20(30)13-9-7-5-4-6-8-10-14-24/h17-19,32-33H,4-13,15-16H2,1-3H3,(H,28,30)(H,29,31)(H3,25,26,27)/t18-,19-/m0/s1. The Labute approximate surface area is 198 Å². The van der Waals surface area contributed by atoms with E-state index in [4.69, 9.17) is 11.0 Å². The number of carbonyl (C=O) groups excluding carboxylic acids is 2. The molecule has 0 unspecified atom stereocenters. The zero-order chi connectivity index (χ0) is 25.1. The Bertz CT molecular complexity index is 624. The summed E-state index contributed by atoms with van der Waals surface area (Å²) in [6, 6.07) is 1.36. The van der Waals surface area contributed by atoms with Crippen LogP contribution >= 0.6 is 0 Å². The first-order chi connectivity index (χ1) is 15.7. The number of nitrogens with one attached hydrogen (secondary N) is 3. The topological polar surface area (TPSA) is 173 Å². The molecule has 0 heterocycles. The van der Waals surface area contributed by atoms with Crippen molar-refractivity contribution in [1.82, 2.24) is 16.0 Å². The number of nitriles is 1. The molecule has 0 bridgehead atoms. The summed E-state index contributed by atoms with van der Waals surface area (Å²) < 4.78 is 0. The van der Waals surface area contributed by atoms with Crippen molar-refractivity contribution in [2.24, 2.45) is 16.6 Å². The number of nitrogens with two attached hydrogens (primary N) is 1. The summed E-state index contributed by atoms with van der Waals surface area (Å²) in [6.07, 6.45) is 7.91. The van der Waals surface area contributed by atoms with Crippen LogP contribution in [0.3, 0.4) is 0 Å². The minimum absolute atomic E-state index is 0.158. The number of hydrogen-bond donors (Lipinski definition) is 6. The van der Waals surface area contributed by atoms with Crippen LogP contribution in [0.2, 0.25) is 0 Å². The van der Waals surface area contributed by atoms with E-state index >= 15 is 0 Å². The number of unbranched alkanes of at least 4 members (excludes halogenated alkanes) is 6. The van der Waals surface area contributed by atoms with E-state index in [-0.39, 0.29) is 11.8 Å². The van der Waals surface area contributed by atoms with Crippen molar-refractivity contribution in [1.29, 1.82) is 5.26 Å². The molecule has 0 aromatic heterocycles. The van der Waals surface area contributed by atoms with Gasteiger partial charge in [0.2, 0.25) is 11.8 Å². The highest BCUT2D eigenvalue weighted by atomic mass is 16.4. The molecule has 0 rings (SSSR count). The molecule has 10 nitrogen and oxygen atoms in total. The summed E-state index contributed by atoms with van der Waals surface area (Å²) in [5.41, 5.74) is 5.61. The van der Waals surface area contributed by atoms with Gasteiger partial charge in [-0.05, 0) is 38.0 Å². The maximum absolute atomic E-state index is 12.8. The van der Waals surface area contributed by atoms with Crippen molar-refractivity contribution < 1.29 is 19.6 Å². The molecule has 0 radical (unpaired) electrons. The molecule has 0 aliphatic rings. The first-order valence-corrected chi connectivity index (χ1v) is 12.0. The Balaban J connectivity index is 4.69. The molecule has 7 N–H and O–H groups in total. The van der Waals surface area contributed by atoms with Crippen LogP contribution in [0.25, 0.3) is 0 Å². The summed E-state index contributed by atoms with van der Waals surface area (Å²) in [4.78, 5) is 29.1. The minimum atomic E-state index is -1.68. The number of guanidine groups is 1. The molecule has 0 aliphatic heterocycles. The monoisotopic (exact) mass is 466 g/mol. The van der Waals surface area contributed by atoms with E-state index in [1.165, 1.54) is 0 Å². The molecule has 0 aromatic rings. The second-order valence-corrected chi connectivity index (χ2v) is 8.74. The molecule has 0 saturated heterocycles. The number of carbonyl (C=O) groups is 2. The lowest BCUT2D eigenvalue weighted by molar-refractivity contribution is -0.129. The number of aliphatic imine (C=N–C) groups is 1. The quantitative estimate of drug-likeness (QED) is 0.0756. The number of rotatable bonds is 18. The molecule has 188 valence electrons. The van der Waals surface area contributed by atoms with Gasteiger partial charge in [-0.25, -0.2) is 0 Å². The second-order valence-electron chi connectivity index (χ2n) is 8.74. The largest absolute Gasteiger partial charge is 0.475 e. The van der Waals surface area contributed by atoms with Gasteiger partial charge in [0.05, 0.1) is 12.0 Å². The van der Waals surface area contributed by atoms with Gasteiger partial charge in [-0.2, -0.15) is 5.26 Å². The lowest BCUT2D eigenvalue weighted by atomic mass is 9.75. The Morgan fingerprint density at radius 1 is 1.06 bits per heavy atom. The van der Waals surface area contributed by atoms with Crippen LogP contribution in [0.4, 0.5) is 0 Å². The van der Waals surface area contributed by atoms with Crippen molar-refractivity contribution in [3.63, 3.8) is 0 Å². The Morgan fingerprint density at radius 3 is 2.27 bits per heavy atom. The maximum Gasteiger partial charge on any atom is 0.475 e. The highest BCUT2D eigenvalue weighted by Gasteiger charge is 2.29. The molecule has 33 heavy (non-hydrogen) atoms. The van der Waals surface area contributed by atoms with E-state index in [1.54, 1.807) is 7.05 Å². The Morgan fingerprint density at radius 2 is 1.70 bits per heavy atom. The lowest BCUT2D eigenvalue weighted by Gasteiger charge is -2.24. The smallest absolute Gasteiger partial charge is 0.426 e. The van der Waals surface area contributed by atoms with Crippen LogP contribution in [0.1, 0.15) is 84.5 Å². The zero-order valence-electron chi connectivity index (χ0n) is 20.5. The van der Waals surface area contributed by atoms with Crippen molar-refractivity contribution in [3.05, 3.63) is 0 Å². The van der Waals surface area contributed by atoms with E-state index < -0.39 is 25.0 Å². The first-order valence-electron chi connectivity index (χ1n) is 12.0. The molecule has 0 spiro atoms. The molecule has 2 atom stereocenters. The van der Waals surface area contributed by atoms with Gasteiger partial charge in [-0.15, -0.1) is 0 Å². The average Bonchev–Trinajstić information content (AvgIpc) is 2.76. The summed E-state index contributed by atoms with van der Waals surface area (Å²) in [7, 11) is -0.108. The fourth-order valence-electron chi connectivity index (χ4n) is 3.38. The predicted molar refractivity (Wildman–Crippen MR) is 131 cm³/mol. The summed E-state index contributed by atoms with van der Waals surface area (Å²) in [5, 5.41) is 36.1. The predicted octanol–water partition coefficient (Wildman–Crippen LogP) is 0.973. The SMILES string of the molecule is CN=C(N)NCCC[C@H](NC(=O)CCCCCCCCC#N)C(=O)N[C@@H](CC(C)C)B(O)O. The lowest BCUT2D eigenvalue weighted by Crippen LogP contribution is -2.54. The maximum atomic E-state index is 12.8. The van der Waals surface area contributed by atoms with E-state index in [9.17, 15) is 19.6 Å². The van der Waals surface area contributed by atoms with Crippen LogP contribution in [0.5, 0.6) is 0 Å². The summed E-state index contributed by atoms with van der Waals surface area (Å²) in [6.45, 7) is 4.35. The van der Waals surface area contributed by atoms with Crippen LogP contribution < -0.4 is 21.7 Å². The van der Waals surface area contributed by atoms with Gasteiger partial charge in [0, 0.05) is 26.4 Å². The molecule has 2 amide bonds. The van der Waals surface area contributed by atoms with Gasteiger partial charge < -0.3 is 31.7 Å². The van der Waals surface area contributed by atoms with E-state index in [1.807, 2.05) is 13.8 Å². The Kier molecular flexibility index (Phi) is 17.8. The van der Waals surface area contributed by atoms with Gasteiger partial charge in [0.1, 0.15) is 6.04 Å². The third-order valence-corrected chi connectivity index (χ3v) is 5.22. The fourth-order valence-corrected chi connectivity index (χ4v) is 3.38. The normalized spacial score (nSPS) is 13.2. The van der Waals surface area contributed by atoms with E-state index in [0.29, 0.717) is 44.6 Å². The first kappa shape index (κ1) is 30.7. The number of nitrogens with zero attached hydrogens (tertiary/aromatic N) is 2. The van der Waals surface area contributed by atoms with Crippen LogP contribution in [-0.2, 0) is 9.59 Å². The Hall–Kier alpha value is -2.32. The van der Waals surface area contributed by atoms with Gasteiger partial charge >= 0.3 is 7.12 Å². The second kappa shape index (κ2) is 19.2. The molecule has 0 aliphatic carbocycles. The summed E-state index contributed by atoms with van der Waals surface area (Å²) >= 11 is 0. The zero-order valence-corrected chi connectivity index (χ0v) is 20.5. The highest BCUT2D eigenvalue weighted by Crippen LogP contribution is 2.10. The van der Waals surface area contributed by atoms with Gasteiger partial charge in [0.25, 0.3) is 0 Å². The third-order valence-electron chi connectivity index (χ3n) is 5.22. The summed E-state index contributed by atoms with van der Waals surface area (Å²) in [5.74, 6) is -0.985. The average molecular weight is 466 g/mol. The van der Waals surface area contributed by atoms with Crippen LogP contribution in [-0.4, -0.2) is 60.5 Å². The molecule has 0 aromatic carbocycles. The van der Waals surface area contributed by atoms with Crippen molar-refractivity contribution >= 4 is 24.9 Å². The van der Waals surface area contributed by atoms with Gasteiger partial charge in [-0.1, -0.05) is 39.5 Å². The molecule has 0 saturated carbocycles. The highest BCUT2D eigenvalue weighted by molar-refractivity contribution is 6.43. The number of amides is 2. The van der Waals surface area contributed by atoms with E-state index in [2.05, 4.69) is 27.0 Å². The minimum Gasteiger partial charge on any atom is -0.426 e. The van der Waals surface area contributed by atoms with Crippen LogP contribution in [0, 0.1) is 17.2 Å². The van der Waals surface area contributed by atoms with Gasteiger partial charge in [-0.3, -0.25) is 14.6 Å². The molecule has 11 heteroatoms. The third kappa shape index (κ3) is 16.9. The molecular weight excluding hydrogens is 423 g/mol. The van der Waals surface area contributed by atoms with Gasteiger partial charge in [0.15, 0.2) is 5.96 Å². The number of hydrogen-bond acceptors (Lipinski definition) is 6. The molecular formula is C22H43BN6O4. The fraction of sp³-hybridized carbons (Fsp3) is 0.818. The van der Waals surface area contributed by atoms with E-state index in [0.717, 1.165) is 38.5 Å².